The van der Waals surface area contributed by atoms with Gasteiger partial charge < -0.3 is 10.2 Å². The van der Waals surface area contributed by atoms with E-state index in [1.54, 1.807) is 0 Å². The fourth-order valence-electron chi connectivity index (χ4n) is 11.1. The molecule has 32 heavy (non-hydrogen) atoms. The molecule has 9 atom stereocenters. The molecular weight excluding hydrogens is 392 g/mol. The van der Waals surface area contributed by atoms with Crippen molar-refractivity contribution in [3.8, 4) is 0 Å². The van der Waals surface area contributed by atoms with E-state index in [1.807, 2.05) is 0 Å². The molecule has 2 N–H and O–H groups in total. The van der Waals surface area contributed by atoms with Crippen LogP contribution in [0.3, 0.4) is 0 Å². The summed E-state index contributed by atoms with van der Waals surface area (Å²) in [4.78, 5) is 0. The monoisotopic (exact) mass is 446 g/mol. The fraction of sp³-hybridized carbons (Fsp3) is 1.00. The Morgan fingerprint density at radius 2 is 1.47 bits per heavy atom. The first-order chi connectivity index (χ1) is 15.0. The zero-order valence-electron chi connectivity index (χ0n) is 22.5. The zero-order chi connectivity index (χ0) is 23.6. The molecule has 1 unspecified atom stereocenters. The lowest BCUT2D eigenvalue weighted by molar-refractivity contribution is -0.251. The SMILES string of the molecule is CCCC1[C@H]2CC[C@@H]3[C@@]4(C)CC[C@H](O)C(C)(C)[C@@H]4CC[C@@]3(C)[C@]2(C)CC[C@@]1(CO)CCC. The van der Waals surface area contributed by atoms with Crippen molar-refractivity contribution in [2.45, 2.75) is 132 Å². The van der Waals surface area contributed by atoms with Crippen molar-refractivity contribution in [2.24, 2.45) is 50.7 Å². The Kier molecular flexibility index (Phi) is 6.45. The van der Waals surface area contributed by atoms with E-state index in [9.17, 15) is 10.2 Å². The van der Waals surface area contributed by atoms with E-state index in [2.05, 4.69) is 48.5 Å². The Labute approximate surface area is 199 Å². The molecule has 0 aromatic carbocycles. The largest absolute Gasteiger partial charge is 0.396 e. The van der Waals surface area contributed by atoms with Crippen LogP contribution in [-0.2, 0) is 0 Å². The summed E-state index contributed by atoms with van der Waals surface area (Å²) in [6, 6.07) is 0. The van der Waals surface area contributed by atoms with Crippen LogP contribution in [-0.4, -0.2) is 22.9 Å². The van der Waals surface area contributed by atoms with Crippen LogP contribution in [0.4, 0.5) is 0 Å². The van der Waals surface area contributed by atoms with Crippen molar-refractivity contribution in [3.63, 3.8) is 0 Å². The third kappa shape index (κ3) is 3.16. The summed E-state index contributed by atoms with van der Waals surface area (Å²) in [6.45, 7) is 17.8. The van der Waals surface area contributed by atoms with Gasteiger partial charge in [0, 0.05) is 6.61 Å². The highest BCUT2D eigenvalue weighted by Crippen LogP contribution is 2.76. The molecule has 0 saturated heterocycles. The minimum Gasteiger partial charge on any atom is -0.396 e. The lowest BCUT2D eigenvalue weighted by Gasteiger charge is -2.73. The third-order valence-corrected chi connectivity index (χ3v) is 13.0. The molecule has 0 radical (unpaired) electrons. The first-order valence-electron chi connectivity index (χ1n) is 14.3. The second-order valence-electron chi connectivity index (χ2n) is 14.2. The summed E-state index contributed by atoms with van der Waals surface area (Å²) in [6.07, 6.45) is 14.9. The highest BCUT2D eigenvalue weighted by atomic mass is 16.3. The maximum absolute atomic E-state index is 10.9. The van der Waals surface area contributed by atoms with Crippen LogP contribution in [0.15, 0.2) is 0 Å². The van der Waals surface area contributed by atoms with Crippen LogP contribution in [0, 0.1) is 50.7 Å². The standard InChI is InChI=1S/C30H54O2/c1-8-10-22-21-11-12-24-27(5)16-14-25(32)26(3,4)23(27)13-17-29(24,7)28(21,6)18-19-30(22,20-31)15-9-2/h21-25,31-32H,8-20H2,1-7H3/t21-,22?,23+,24-,25+,27+,28-,29-,30-/m1/s1. The number of aliphatic hydroxyl groups is 2. The highest BCUT2D eigenvalue weighted by Gasteiger charge is 2.69. The van der Waals surface area contributed by atoms with Gasteiger partial charge in [-0.15, -0.1) is 0 Å². The van der Waals surface area contributed by atoms with Crippen LogP contribution in [0.5, 0.6) is 0 Å². The van der Waals surface area contributed by atoms with E-state index < -0.39 is 0 Å². The smallest absolute Gasteiger partial charge is 0.0594 e. The van der Waals surface area contributed by atoms with Gasteiger partial charge in [-0.2, -0.15) is 0 Å². The highest BCUT2D eigenvalue weighted by molar-refractivity contribution is 5.17. The van der Waals surface area contributed by atoms with Crippen molar-refractivity contribution in [2.75, 3.05) is 6.61 Å². The molecule has 4 rings (SSSR count). The van der Waals surface area contributed by atoms with Gasteiger partial charge in [0.25, 0.3) is 0 Å². The zero-order valence-corrected chi connectivity index (χ0v) is 22.5. The number of fused-ring (bicyclic) bond motifs is 5. The van der Waals surface area contributed by atoms with E-state index >= 15 is 0 Å². The average Bonchev–Trinajstić information content (AvgIpc) is 2.74. The van der Waals surface area contributed by atoms with Gasteiger partial charge in [-0.05, 0) is 115 Å². The fourth-order valence-corrected chi connectivity index (χ4v) is 11.1. The van der Waals surface area contributed by atoms with Crippen LogP contribution in [0.2, 0.25) is 0 Å². The molecule has 4 fully saturated rings. The molecule has 2 heteroatoms. The van der Waals surface area contributed by atoms with Crippen molar-refractivity contribution < 1.29 is 10.2 Å². The maximum atomic E-state index is 10.9. The van der Waals surface area contributed by atoms with Gasteiger partial charge >= 0.3 is 0 Å². The quantitative estimate of drug-likeness (QED) is 0.456. The lowest BCUT2D eigenvalue weighted by Crippen LogP contribution is -2.66. The molecule has 4 saturated carbocycles. The van der Waals surface area contributed by atoms with Gasteiger partial charge in [-0.1, -0.05) is 61.3 Å². The van der Waals surface area contributed by atoms with Gasteiger partial charge in [0.05, 0.1) is 6.10 Å². The molecule has 186 valence electrons. The van der Waals surface area contributed by atoms with Crippen molar-refractivity contribution in [1.82, 2.24) is 0 Å². The van der Waals surface area contributed by atoms with Crippen molar-refractivity contribution in [3.05, 3.63) is 0 Å². The minimum atomic E-state index is -0.139. The molecule has 4 aliphatic rings. The van der Waals surface area contributed by atoms with Crippen molar-refractivity contribution >= 4 is 0 Å². The van der Waals surface area contributed by atoms with Gasteiger partial charge in [0.2, 0.25) is 0 Å². The number of hydrogen-bond acceptors (Lipinski definition) is 2. The second-order valence-corrected chi connectivity index (χ2v) is 14.2. The molecular formula is C30H54O2. The first-order valence-corrected chi connectivity index (χ1v) is 14.3. The van der Waals surface area contributed by atoms with Gasteiger partial charge in [-0.25, -0.2) is 0 Å². The molecule has 2 nitrogen and oxygen atoms in total. The number of rotatable bonds is 5. The summed E-state index contributed by atoms with van der Waals surface area (Å²) in [5.41, 5.74) is 1.33. The van der Waals surface area contributed by atoms with E-state index in [-0.39, 0.29) is 16.9 Å². The third-order valence-electron chi connectivity index (χ3n) is 13.0. The van der Waals surface area contributed by atoms with E-state index in [4.69, 9.17) is 0 Å². The number of aliphatic hydroxyl groups excluding tert-OH is 2. The summed E-state index contributed by atoms with van der Waals surface area (Å²) in [5.74, 6) is 2.86. The van der Waals surface area contributed by atoms with Crippen LogP contribution >= 0.6 is 0 Å². The predicted octanol–water partition coefficient (Wildman–Crippen LogP) is 7.61. The maximum Gasteiger partial charge on any atom is 0.0594 e. The Bertz CT molecular complexity index is 686. The topological polar surface area (TPSA) is 40.5 Å². The van der Waals surface area contributed by atoms with E-state index in [0.29, 0.717) is 34.7 Å². The van der Waals surface area contributed by atoms with Gasteiger partial charge in [0.15, 0.2) is 0 Å². The summed E-state index contributed by atoms with van der Waals surface area (Å²) in [5, 5.41) is 21.6. The molecule has 0 bridgehead atoms. The van der Waals surface area contributed by atoms with Crippen LogP contribution in [0.25, 0.3) is 0 Å². The van der Waals surface area contributed by atoms with E-state index in [1.165, 1.54) is 70.6 Å². The Morgan fingerprint density at radius 3 is 2.09 bits per heavy atom. The molecule has 4 aliphatic carbocycles. The Hall–Kier alpha value is -0.0800. The Balaban J connectivity index is 1.72. The molecule has 0 amide bonds. The minimum absolute atomic E-state index is 0.0383. The molecule has 0 aromatic heterocycles. The average molecular weight is 447 g/mol. The molecule has 0 aromatic rings. The summed E-state index contributed by atoms with van der Waals surface area (Å²) >= 11 is 0. The first kappa shape index (κ1) is 25.0. The molecule has 0 spiro atoms. The van der Waals surface area contributed by atoms with Crippen LogP contribution in [0.1, 0.15) is 126 Å². The summed E-state index contributed by atoms with van der Waals surface area (Å²) in [7, 11) is 0. The summed E-state index contributed by atoms with van der Waals surface area (Å²) < 4.78 is 0. The predicted molar refractivity (Wildman–Crippen MR) is 134 cm³/mol. The van der Waals surface area contributed by atoms with E-state index in [0.717, 1.165) is 18.3 Å². The van der Waals surface area contributed by atoms with Crippen LogP contribution < -0.4 is 0 Å². The van der Waals surface area contributed by atoms with Gasteiger partial charge in [0.1, 0.15) is 0 Å². The number of hydrogen-bond donors (Lipinski definition) is 2. The molecule has 0 aliphatic heterocycles. The van der Waals surface area contributed by atoms with Gasteiger partial charge in [-0.3, -0.25) is 0 Å². The van der Waals surface area contributed by atoms with Crippen molar-refractivity contribution in [1.29, 1.82) is 0 Å². The Morgan fingerprint density at radius 1 is 0.750 bits per heavy atom. The molecule has 0 heterocycles. The normalized spacial score (nSPS) is 52.6. The lowest BCUT2D eigenvalue weighted by atomic mass is 9.32. The second kappa shape index (κ2) is 8.25.